The van der Waals surface area contributed by atoms with E-state index in [1.54, 1.807) is 0 Å². The van der Waals surface area contributed by atoms with Crippen LogP contribution in [0.4, 0.5) is 0 Å². The van der Waals surface area contributed by atoms with Gasteiger partial charge in [0.2, 0.25) is 0 Å². The van der Waals surface area contributed by atoms with Crippen molar-refractivity contribution in [3.05, 3.63) is 0 Å². The van der Waals surface area contributed by atoms with Crippen LogP contribution in [0.5, 0.6) is 0 Å². The molecule has 1 aliphatic rings. The molecule has 1 saturated carbocycles. The van der Waals surface area contributed by atoms with E-state index in [0.717, 1.165) is 0 Å². The highest BCUT2D eigenvalue weighted by Gasteiger charge is 2.17. The van der Waals surface area contributed by atoms with Gasteiger partial charge in [0.25, 0.3) is 0 Å². The van der Waals surface area contributed by atoms with Crippen LogP contribution in [0.3, 0.4) is 0 Å². The fourth-order valence-corrected chi connectivity index (χ4v) is 0.250. The van der Waals surface area contributed by atoms with E-state index in [2.05, 4.69) is 17.3 Å². The molecule has 44 valence electrons. The highest BCUT2D eigenvalue weighted by molar-refractivity contribution is 6.04. The number of hydrazine groups is 1. The van der Waals surface area contributed by atoms with Crippen molar-refractivity contribution in [2.45, 2.75) is 18.9 Å². The summed E-state index contributed by atoms with van der Waals surface area (Å²) in [5.74, 6) is 4.98. The van der Waals surface area contributed by atoms with Gasteiger partial charge in [0, 0.05) is 6.04 Å². The zero-order valence-electron chi connectivity index (χ0n) is 3.89. The highest BCUT2D eigenvalue weighted by Crippen LogP contribution is 2.16. The summed E-state index contributed by atoms with van der Waals surface area (Å²) in [4.78, 5) is 0. The van der Waals surface area contributed by atoms with E-state index in [4.69, 9.17) is 10.5 Å². The molecule has 0 aromatic rings. The van der Waals surface area contributed by atoms with Crippen LogP contribution in [0.25, 0.3) is 0 Å². The quantitative estimate of drug-likeness (QED) is 0.334. The summed E-state index contributed by atoms with van der Waals surface area (Å²) in [6.07, 6.45) is 2.55. The number of nitrogens with one attached hydrogen (secondary N) is 1. The molecule has 7 heavy (non-hydrogen) atoms. The van der Waals surface area contributed by atoms with Gasteiger partial charge in [-0.05, 0) is 12.8 Å². The molecule has 0 amide bonds. The predicted molar refractivity (Wildman–Crippen MR) is 28.4 cm³/mol. The van der Waals surface area contributed by atoms with Gasteiger partial charge in [-0.25, -0.2) is 0 Å². The minimum Gasteiger partial charge on any atom is -0.295 e. The smallest absolute Gasteiger partial charge is 0.0579 e. The van der Waals surface area contributed by atoms with Crippen molar-refractivity contribution in [3.8, 4) is 0 Å². The number of halogens is 1. The zero-order chi connectivity index (χ0) is 5.70. The Morgan fingerprint density at radius 1 is 1.57 bits per heavy atom. The largest absolute Gasteiger partial charge is 0.295 e. The molecule has 4 heteroatoms. The molecule has 0 bridgehead atoms. The monoisotopic (exact) mass is 124 g/mol. The summed E-state index contributed by atoms with van der Waals surface area (Å²) in [6.45, 7) is 0. The summed E-state index contributed by atoms with van der Waals surface area (Å²) >= 11 is 3.64. The van der Waals surface area contributed by atoms with Gasteiger partial charge in [-0.2, -0.15) is 0 Å². The summed E-state index contributed by atoms with van der Waals surface area (Å²) in [5, 5.41) is 0. The Hall–Kier alpha value is 0.170. The molecule has 0 saturated heterocycles. The minimum absolute atomic E-state index is 0.662. The number of hydrogen-bond acceptors (Lipinski definition) is 3. The van der Waals surface area contributed by atoms with Crippen molar-refractivity contribution in [2.24, 2.45) is 5.84 Å². The number of rotatable bonds is 1. The lowest BCUT2D eigenvalue weighted by atomic mass is 10.8. The van der Waals surface area contributed by atoms with Crippen LogP contribution in [0.1, 0.15) is 12.8 Å². The van der Waals surface area contributed by atoms with Gasteiger partial charge in [0.05, 0.1) is 11.9 Å². The van der Waals surface area contributed by atoms with Gasteiger partial charge >= 0.3 is 0 Å². The molecule has 0 heterocycles. The van der Waals surface area contributed by atoms with Crippen molar-refractivity contribution >= 4 is 11.9 Å². The molecule has 3 nitrogen and oxygen atoms in total. The van der Waals surface area contributed by atoms with Crippen molar-refractivity contribution < 1.29 is 4.66 Å². The Kier molecular flexibility index (Phi) is 4.44. The molecule has 0 spiro atoms. The van der Waals surface area contributed by atoms with Crippen LogP contribution in [0, 0.1) is 0 Å². The van der Waals surface area contributed by atoms with Gasteiger partial charge in [0.1, 0.15) is 0 Å². The maximum Gasteiger partial charge on any atom is 0.0579 e. The molecule has 0 atom stereocenters. The highest BCUT2D eigenvalue weighted by atomic mass is 35.5. The first-order chi connectivity index (χ1) is 3.43. The van der Waals surface area contributed by atoms with E-state index >= 15 is 0 Å². The van der Waals surface area contributed by atoms with E-state index in [0.29, 0.717) is 6.04 Å². The van der Waals surface area contributed by atoms with Crippen LogP contribution < -0.4 is 11.3 Å². The average molecular weight is 125 g/mol. The number of hydrogen-bond donors (Lipinski definition) is 3. The summed E-state index contributed by atoms with van der Waals surface area (Å²) < 4.78 is 6.47. The third kappa shape index (κ3) is 4.01. The Morgan fingerprint density at radius 2 is 2.00 bits per heavy atom. The van der Waals surface area contributed by atoms with Gasteiger partial charge in [-0.3, -0.25) is 15.9 Å². The maximum absolute atomic E-state index is 6.47. The Labute approximate surface area is 47.6 Å². The molecule has 1 aliphatic carbocycles. The fourth-order valence-electron chi connectivity index (χ4n) is 0.250. The van der Waals surface area contributed by atoms with Crippen LogP contribution in [0.2, 0.25) is 0 Å². The van der Waals surface area contributed by atoms with E-state index in [1.807, 2.05) is 0 Å². The van der Waals surface area contributed by atoms with Crippen molar-refractivity contribution in [2.75, 3.05) is 0 Å². The molecule has 0 aliphatic heterocycles. The minimum atomic E-state index is 0.662. The first-order valence-electron chi connectivity index (χ1n) is 2.06. The molecule has 4 N–H and O–H groups in total. The Balaban J connectivity index is 0.000000162. The van der Waals surface area contributed by atoms with E-state index in [9.17, 15) is 0 Å². The van der Waals surface area contributed by atoms with Crippen LogP contribution in [-0.4, -0.2) is 10.7 Å². The molecule has 0 unspecified atom stereocenters. The number of nitrogens with two attached hydrogens (primary N) is 1. The second-order valence-corrected chi connectivity index (χ2v) is 1.44. The second-order valence-electron chi connectivity index (χ2n) is 1.44. The first-order valence-corrected chi connectivity index (χ1v) is 2.40. The van der Waals surface area contributed by atoms with E-state index in [-0.39, 0.29) is 0 Å². The van der Waals surface area contributed by atoms with E-state index in [1.165, 1.54) is 12.8 Å². The normalized spacial score (nSPS) is 17.6. The average Bonchev–Trinajstić information content (AvgIpc) is 2.52. The summed E-state index contributed by atoms with van der Waals surface area (Å²) in [6, 6.07) is 0.662. The van der Waals surface area contributed by atoms with E-state index < -0.39 is 0 Å². The molecule has 1 rings (SSSR count). The Bertz CT molecular complexity index is 39.9. The van der Waals surface area contributed by atoms with Gasteiger partial charge < -0.3 is 0 Å². The second kappa shape index (κ2) is 4.33. The maximum atomic E-state index is 6.47. The summed E-state index contributed by atoms with van der Waals surface area (Å²) in [7, 11) is 0. The third-order valence-electron chi connectivity index (χ3n) is 0.813. The topological polar surface area (TPSA) is 58.3 Å². The molecule has 0 aromatic carbocycles. The van der Waals surface area contributed by atoms with Crippen molar-refractivity contribution in [1.29, 1.82) is 0 Å². The molecular weight excluding hydrogens is 115 g/mol. The van der Waals surface area contributed by atoms with Crippen LogP contribution in [0.15, 0.2) is 0 Å². The lowest BCUT2D eigenvalue weighted by molar-refractivity contribution is 0.632. The van der Waals surface area contributed by atoms with Gasteiger partial charge in [-0.1, -0.05) is 0 Å². The SMILES string of the molecule is NNC1CC1.OCl. The van der Waals surface area contributed by atoms with Crippen molar-refractivity contribution in [1.82, 2.24) is 5.43 Å². The molecule has 0 aromatic heterocycles. The van der Waals surface area contributed by atoms with Crippen molar-refractivity contribution in [3.63, 3.8) is 0 Å². The third-order valence-corrected chi connectivity index (χ3v) is 0.813. The standard InChI is InChI=1S/C3H8N2.ClHO/c4-5-3-1-2-3;1-2/h3,5H,1-2,4H2;2H. The van der Waals surface area contributed by atoms with Crippen LogP contribution in [-0.2, 0) is 0 Å². The lowest BCUT2D eigenvalue weighted by Gasteiger charge is -1.81. The van der Waals surface area contributed by atoms with Gasteiger partial charge in [0.15, 0.2) is 0 Å². The Morgan fingerprint density at radius 3 is 2.00 bits per heavy atom. The molecule has 1 fully saturated rings. The molecule has 0 radical (unpaired) electrons. The summed E-state index contributed by atoms with van der Waals surface area (Å²) in [5.41, 5.74) is 2.64. The molecular formula is C3H9ClN2O. The first kappa shape index (κ1) is 7.17. The zero-order valence-corrected chi connectivity index (χ0v) is 4.65. The lowest BCUT2D eigenvalue weighted by Crippen LogP contribution is -2.23. The fraction of sp³-hybridized carbons (Fsp3) is 1.00. The predicted octanol–water partition coefficient (Wildman–Crippen LogP) is -0.255. The van der Waals surface area contributed by atoms with Gasteiger partial charge in [-0.15, -0.1) is 0 Å². The van der Waals surface area contributed by atoms with Crippen LogP contribution >= 0.6 is 11.9 Å².